The first-order chi connectivity index (χ1) is 66.1. The van der Waals surface area contributed by atoms with Crippen molar-refractivity contribution in [1.29, 1.82) is 0 Å². The van der Waals surface area contributed by atoms with E-state index in [9.17, 15) is 68.7 Å². The zero-order valence-corrected chi connectivity index (χ0v) is 72.7. The van der Waals surface area contributed by atoms with Gasteiger partial charge in [-0.2, -0.15) is 15.3 Å². The van der Waals surface area contributed by atoms with Crippen LogP contribution in [0.5, 0.6) is 0 Å². The third-order valence-electron chi connectivity index (χ3n) is 22.1. The molecule has 7 N–H and O–H groups in total. The summed E-state index contributed by atoms with van der Waals surface area (Å²) in [6.07, 6.45) is 12.2. The van der Waals surface area contributed by atoms with Gasteiger partial charge in [0.05, 0.1) is 113 Å². The van der Waals surface area contributed by atoms with E-state index in [1.807, 2.05) is 97.9 Å². The van der Waals surface area contributed by atoms with Gasteiger partial charge in [-0.3, -0.25) is 0 Å². The number of aryl methyl sites for hydroxylation is 4. The van der Waals surface area contributed by atoms with Crippen molar-refractivity contribution in [3.05, 3.63) is 442 Å². The molecule has 7 aromatic heterocycles. The van der Waals surface area contributed by atoms with Crippen LogP contribution in [0.3, 0.4) is 0 Å². The number of halogens is 8. The first-order valence-electron chi connectivity index (χ1n) is 41.7. The number of aromatic nitrogens is 10. The van der Waals surface area contributed by atoms with Crippen LogP contribution in [0.15, 0.2) is 335 Å². The predicted octanol–water partition coefficient (Wildman–Crippen LogP) is 23.8. The van der Waals surface area contributed by atoms with Gasteiger partial charge in [-0.25, -0.2) is 82.7 Å². The van der Waals surface area contributed by atoms with Gasteiger partial charge in [0, 0.05) is 97.4 Å². The number of nitrogens with zero attached hydrogens (tertiary/aromatic N) is 10. The van der Waals surface area contributed by atoms with Gasteiger partial charge in [0.1, 0.15) is 23.3 Å². The molecule has 0 atom stereocenters. The molecule has 688 valence electrons. The molecule has 0 bridgehead atoms. The number of benzene rings is 14. The number of hydrogen-bond acceptors (Lipinski definition) is 10. The van der Waals surface area contributed by atoms with E-state index in [-0.39, 0.29) is 56.6 Å². The highest BCUT2D eigenvalue weighted by Gasteiger charge is 2.20. The lowest BCUT2D eigenvalue weighted by molar-refractivity contribution is 0.0686. The van der Waals surface area contributed by atoms with Gasteiger partial charge < -0.3 is 54.0 Å². The number of carbonyl (C=O) groups is 7. The Morgan fingerprint density at radius 3 is 0.790 bits per heavy atom. The number of aromatic carboxylic acids is 7. The Labute approximate surface area is 776 Å². The molecular weight excluding hydrogens is 1790 g/mol. The lowest BCUT2D eigenvalue weighted by Gasteiger charge is -2.06. The summed E-state index contributed by atoms with van der Waals surface area (Å²) < 4.78 is 117. The van der Waals surface area contributed by atoms with Crippen LogP contribution < -0.4 is 0 Å². The molecular formula is C106H74F8N10O14. The fraction of sp³-hybridized carbons (Fsp3) is 0.0377. The summed E-state index contributed by atoms with van der Waals surface area (Å²) in [5.74, 6) is -11.8. The molecule has 0 unspecified atom stereocenters. The van der Waals surface area contributed by atoms with Gasteiger partial charge in [-0.1, -0.05) is 30.3 Å². The maximum Gasteiger partial charge on any atom is 0.335 e. The molecule has 0 fully saturated rings. The molecule has 24 nitrogen and oxygen atoms in total. The summed E-state index contributed by atoms with van der Waals surface area (Å²) in [7, 11) is 0. The Morgan fingerprint density at radius 2 is 0.464 bits per heavy atom. The zero-order chi connectivity index (χ0) is 98.2. The number of fused-ring (bicyclic) bond motifs is 7. The highest BCUT2D eigenvalue weighted by molar-refractivity contribution is 6.01. The number of para-hydroxylation sites is 1. The first-order valence-corrected chi connectivity index (χ1v) is 41.7. The second kappa shape index (κ2) is 40.2. The van der Waals surface area contributed by atoms with E-state index in [1.54, 1.807) is 166 Å². The monoisotopic (exact) mass is 1860 g/mol. The lowest BCUT2D eigenvalue weighted by Crippen LogP contribution is -1.99. The van der Waals surface area contributed by atoms with Crippen molar-refractivity contribution in [2.45, 2.75) is 27.7 Å². The topological polar surface area (TPSA) is 334 Å². The van der Waals surface area contributed by atoms with Crippen LogP contribution in [0.4, 0.5) is 35.1 Å². The minimum Gasteiger partial charge on any atom is -0.478 e. The molecule has 14 aromatic carbocycles. The van der Waals surface area contributed by atoms with Crippen LogP contribution in [0, 0.1) is 74.2 Å². The highest BCUT2D eigenvalue weighted by Crippen LogP contribution is 2.33. The molecule has 0 amide bonds. The van der Waals surface area contributed by atoms with Crippen LogP contribution >= 0.6 is 0 Å². The summed E-state index contributed by atoms with van der Waals surface area (Å²) in [6, 6.07) is 75.5. The standard InChI is InChI=1S/C16H11F2NO2.2C16H12FNO2.C16H13NO2.C14H8F2N2O2.2C14H9FN2O2/c1-9-8-19(11-3-4-13(17)14(18)7-11)15-5-2-10(16(20)21)6-12(9)15;1-10-9-18(13-5-3-12(17)4-6-13)15-7-2-11(16(19)20)8-14(10)15;1-10-9-18(13-4-2-3-12(17)8-13)15-6-5-11(16(19)20)7-14(10)15;1-11-10-17(13-5-3-2-4-6-13)15-8-7-12(16(18)19)9-14(11)15;15-11-3-2-10(6-12(11)16)18-13-4-1-8(14(19)20)5-9(13)7-17-18;15-11-2-4-12(5-3-11)17-13-6-1-9(14(18)19)7-10(13)8-16-17;15-11-2-1-3-12(7-11)17-13-5-4-9(14(18)19)6-10(13)8-16-17/h2-8H,1H3,(H,20,21);2*2-9H,1H3,(H,19,20);2-10H,1H3,(H,18,19);1-7H,(H,19,20);2*1-8H,(H,18,19). The molecule has 7 heterocycles. The molecule has 138 heavy (non-hydrogen) atoms. The highest BCUT2D eigenvalue weighted by atomic mass is 19.2. The van der Waals surface area contributed by atoms with Gasteiger partial charge in [-0.15, -0.1) is 0 Å². The molecule has 0 aliphatic carbocycles. The maximum atomic E-state index is 13.4. The minimum absolute atomic E-state index is 0.141. The van der Waals surface area contributed by atoms with Crippen LogP contribution in [-0.4, -0.2) is 125 Å². The van der Waals surface area contributed by atoms with Crippen LogP contribution in [0.2, 0.25) is 0 Å². The summed E-state index contributed by atoms with van der Waals surface area (Å²) in [5.41, 5.74) is 15.9. The predicted molar refractivity (Wildman–Crippen MR) is 504 cm³/mol. The first kappa shape index (κ1) is 94.0. The Bertz CT molecular complexity index is 8330. The zero-order valence-electron chi connectivity index (χ0n) is 72.7. The molecule has 0 aliphatic heterocycles. The van der Waals surface area contributed by atoms with Crippen molar-refractivity contribution < 1.29 is 104 Å². The molecule has 0 saturated carbocycles. The van der Waals surface area contributed by atoms with Crippen LogP contribution in [0.1, 0.15) is 94.8 Å². The van der Waals surface area contributed by atoms with Crippen molar-refractivity contribution in [1.82, 2.24) is 47.6 Å². The average Bonchev–Trinajstić information content (AvgIpc) is 1.62. The number of rotatable bonds is 14. The maximum absolute atomic E-state index is 13.4. The molecule has 0 saturated heterocycles. The third kappa shape index (κ3) is 20.7. The van der Waals surface area contributed by atoms with E-state index in [4.69, 9.17) is 35.7 Å². The molecule has 0 radical (unpaired) electrons. The van der Waals surface area contributed by atoms with E-state index < -0.39 is 65.1 Å². The van der Waals surface area contributed by atoms with Gasteiger partial charge in [0.15, 0.2) is 23.3 Å². The lowest BCUT2D eigenvalue weighted by atomic mass is 10.1. The fourth-order valence-electron chi connectivity index (χ4n) is 15.3. The Hall–Kier alpha value is -18.6. The van der Waals surface area contributed by atoms with Gasteiger partial charge in [0.25, 0.3) is 0 Å². The number of hydrogen-bond donors (Lipinski definition) is 7. The minimum atomic E-state index is -1.03. The van der Waals surface area contributed by atoms with Crippen LogP contribution in [0.25, 0.3) is 116 Å². The molecule has 21 aromatic rings. The van der Waals surface area contributed by atoms with E-state index >= 15 is 0 Å². The van der Waals surface area contributed by atoms with Crippen molar-refractivity contribution in [2.24, 2.45) is 0 Å². The van der Waals surface area contributed by atoms with E-state index in [2.05, 4.69) is 19.9 Å². The Balaban J connectivity index is 0.000000122. The molecule has 32 heteroatoms. The smallest absolute Gasteiger partial charge is 0.335 e. The van der Waals surface area contributed by atoms with Crippen LogP contribution in [-0.2, 0) is 0 Å². The molecule has 0 spiro atoms. The largest absolute Gasteiger partial charge is 0.478 e. The van der Waals surface area contributed by atoms with E-state index in [0.717, 1.165) is 124 Å². The Kier molecular flexibility index (Phi) is 27.4. The summed E-state index contributed by atoms with van der Waals surface area (Å²) >= 11 is 0. The number of carboxylic acids is 7. The second-order valence-electron chi connectivity index (χ2n) is 31.2. The quantitative estimate of drug-likeness (QED) is 0.0497. The average molecular weight is 1860 g/mol. The summed E-state index contributed by atoms with van der Waals surface area (Å²) in [5, 5.41) is 80.9. The third-order valence-corrected chi connectivity index (χ3v) is 22.1. The second-order valence-corrected chi connectivity index (χ2v) is 31.2. The molecule has 0 aliphatic rings. The summed E-state index contributed by atoms with van der Waals surface area (Å²) in [4.78, 5) is 76.7. The van der Waals surface area contributed by atoms with Crippen molar-refractivity contribution in [3.8, 4) is 39.8 Å². The SMILES string of the molecule is Cc1cn(-c2ccc(F)c(F)c2)c2ccc(C(=O)O)cc12.Cc1cn(-c2ccc(F)cc2)c2ccc(C(=O)O)cc12.Cc1cn(-c2cccc(F)c2)c2ccc(C(=O)O)cc12.Cc1cn(-c2ccccc2)c2ccc(C(=O)O)cc12.O=C(O)c1ccc2c(cnn2-c2ccc(F)c(F)c2)c1.O=C(O)c1ccc2c(cnn2-c2ccc(F)cc2)c1.O=C(O)c1ccc2c(cnn2-c2cccc(F)c2)c1. The summed E-state index contributed by atoms with van der Waals surface area (Å²) in [6.45, 7) is 7.66. The Morgan fingerprint density at radius 1 is 0.217 bits per heavy atom. The van der Waals surface area contributed by atoms with Crippen molar-refractivity contribution >= 4 is 118 Å². The van der Waals surface area contributed by atoms with Gasteiger partial charge in [0.2, 0.25) is 0 Å². The van der Waals surface area contributed by atoms with Crippen molar-refractivity contribution in [3.63, 3.8) is 0 Å². The van der Waals surface area contributed by atoms with E-state index in [1.165, 1.54) is 102 Å². The normalized spacial score (nSPS) is 10.9. The van der Waals surface area contributed by atoms with Crippen molar-refractivity contribution in [2.75, 3.05) is 0 Å². The van der Waals surface area contributed by atoms with Gasteiger partial charge in [-0.05, 0) is 299 Å². The fourth-order valence-corrected chi connectivity index (χ4v) is 15.3. The number of carboxylic acid groups (broad SMARTS) is 7. The van der Waals surface area contributed by atoms with Gasteiger partial charge >= 0.3 is 41.8 Å². The van der Waals surface area contributed by atoms with E-state index in [0.29, 0.717) is 44.6 Å². The molecule has 21 rings (SSSR count).